The van der Waals surface area contributed by atoms with Gasteiger partial charge in [-0.15, -0.1) is 11.3 Å². The number of benzene rings is 3. The number of rotatable bonds is 1. The lowest BCUT2D eigenvalue weighted by Crippen LogP contribution is -1.94. The molecule has 0 saturated carbocycles. The largest absolute Gasteiger partial charge is 0.343 e. The van der Waals surface area contributed by atoms with Crippen LogP contribution in [0, 0.1) is 0 Å². The zero-order valence-electron chi connectivity index (χ0n) is 14.1. The van der Waals surface area contributed by atoms with Crippen molar-refractivity contribution in [2.24, 2.45) is 7.05 Å². The minimum Gasteiger partial charge on any atom is -0.343 e. The number of fused-ring (bicyclic) bond motifs is 7. The molecule has 0 aliphatic carbocycles. The van der Waals surface area contributed by atoms with Crippen LogP contribution in [0.25, 0.3) is 42.0 Å². The molecule has 2 heterocycles. The van der Waals surface area contributed by atoms with E-state index in [0.717, 1.165) is 0 Å². The Bertz CT molecular complexity index is 1240. The van der Waals surface area contributed by atoms with Crippen molar-refractivity contribution in [3.05, 3.63) is 60.2 Å². The lowest BCUT2D eigenvalue weighted by atomic mass is 9.99. The van der Waals surface area contributed by atoms with E-state index in [-0.39, 0.29) is 0 Å². The molecule has 0 spiro atoms. The van der Waals surface area contributed by atoms with Gasteiger partial charge in [0, 0.05) is 38.0 Å². The SMILES string of the molecule is CC(C)c1cccc2c3c4sc5ccccc5c4ccc3n(C)c12. The molecule has 5 aromatic rings. The van der Waals surface area contributed by atoms with Crippen LogP contribution in [0.2, 0.25) is 0 Å². The Morgan fingerprint density at radius 1 is 0.833 bits per heavy atom. The third kappa shape index (κ3) is 1.69. The van der Waals surface area contributed by atoms with E-state index in [2.05, 4.69) is 80.1 Å². The van der Waals surface area contributed by atoms with Crippen LogP contribution in [0.3, 0.4) is 0 Å². The third-order valence-electron chi connectivity index (χ3n) is 5.18. The first-order valence-electron chi connectivity index (χ1n) is 8.48. The molecular formula is C22H19NS. The normalized spacial score (nSPS) is 12.3. The molecule has 0 fully saturated rings. The molecule has 24 heavy (non-hydrogen) atoms. The molecule has 1 nitrogen and oxygen atoms in total. The van der Waals surface area contributed by atoms with Gasteiger partial charge in [-0.25, -0.2) is 0 Å². The first-order chi connectivity index (χ1) is 11.7. The van der Waals surface area contributed by atoms with Gasteiger partial charge in [-0.05, 0) is 23.6 Å². The maximum Gasteiger partial charge on any atom is 0.0524 e. The maximum absolute atomic E-state index is 2.38. The Morgan fingerprint density at radius 2 is 1.62 bits per heavy atom. The van der Waals surface area contributed by atoms with Gasteiger partial charge in [0.15, 0.2) is 0 Å². The average molecular weight is 329 g/mol. The number of para-hydroxylation sites is 1. The van der Waals surface area contributed by atoms with Crippen molar-refractivity contribution >= 4 is 53.3 Å². The van der Waals surface area contributed by atoms with Gasteiger partial charge in [-0.3, -0.25) is 0 Å². The summed E-state index contributed by atoms with van der Waals surface area (Å²) in [4.78, 5) is 0. The summed E-state index contributed by atoms with van der Waals surface area (Å²) >= 11 is 1.92. The predicted octanol–water partition coefficient (Wildman–Crippen LogP) is 6.82. The van der Waals surface area contributed by atoms with Crippen molar-refractivity contribution in [1.29, 1.82) is 0 Å². The summed E-state index contributed by atoms with van der Waals surface area (Å²) in [6.07, 6.45) is 0. The van der Waals surface area contributed by atoms with Crippen LogP contribution in [0.4, 0.5) is 0 Å². The van der Waals surface area contributed by atoms with Crippen LogP contribution in [-0.2, 0) is 7.05 Å². The minimum absolute atomic E-state index is 0.523. The fourth-order valence-corrected chi connectivity index (χ4v) is 5.30. The lowest BCUT2D eigenvalue weighted by Gasteiger charge is -2.09. The first-order valence-corrected chi connectivity index (χ1v) is 9.29. The highest BCUT2D eigenvalue weighted by molar-refractivity contribution is 7.26. The first kappa shape index (κ1) is 14.1. The lowest BCUT2D eigenvalue weighted by molar-refractivity contribution is 0.862. The van der Waals surface area contributed by atoms with E-state index in [9.17, 15) is 0 Å². The van der Waals surface area contributed by atoms with E-state index in [4.69, 9.17) is 0 Å². The smallest absolute Gasteiger partial charge is 0.0524 e. The minimum atomic E-state index is 0.523. The summed E-state index contributed by atoms with van der Waals surface area (Å²) < 4.78 is 5.17. The predicted molar refractivity (Wildman–Crippen MR) is 107 cm³/mol. The fraction of sp³-hybridized carbons (Fsp3) is 0.182. The van der Waals surface area contributed by atoms with Gasteiger partial charge in [0.1, 0.15) is 0 Å². The number of hydrogen-bond acceptors (Lipinski definition) is 1. The zero-order valence-corrected chi connectivity index (χ0v) is 14.9. The fourth-order valence-electron chi connectivity index (χ4n) is 4.04. The second kappa shape index (κ2) is 4.84. The number of thiophene rings is 1. The second-order valence-corrected chi connectivity index (χ2v) is 7.94. The molecule has 2 heteroatoms. The summed E-state index contributed by atoms with van der Waals surface area (Å²) in [5.74, 6) is 0.523. The van der Waals surface area contributed by atoms with Gasteiger partial charge in [0.2, 0.25) is 0 Å². The average Bonchev–Trinajstić information content (AvgIpc) is 3.11. The Labute approximate surface area is 145 Å². The van der Waals surface area contributed by atoms with E-state index in [0.29, 0.717) is 5.92 Å². The van der Waals surface area contributed by atoms with Crippen LogP contribution in [0.1, 0.15) is 25.3 Å². The quantitative estimate of drug-likeness (QED) is 0.318. The van der Waals surface area contributed by atoms with Crippen LogP contribution >= 0.6 is 11.3 Å². The van der Waals surface area contributed by atoms with Gasteiger partial charge in [0.25, 0.3) is 0 Å². The Hall–Kier alpha value is -2.32. The molecule has 0 bridgehead atoms. The van der Waals surface area contributed by atoms with E-state index in [1.54, 1.807) is 0 Å². The van der Waals surface area contributed by atoms with Crippen molar-refractivity contribution in [2.75, 3.05) is 0 Å². The van der Waals surface area contributed by atoms with E-state index >= 15 is 0 Å². The monoisotopic (exact) mass is 329 g/mol. The standard InChI is InChI=1S/C22H19NS/c1-13(2)14-8-6-9-17-20-18(23(3)21(14)17)12-11-16-15-7-4-5-10-19(15)24-22(16)20/h4-13H,1-3H3. The highest BCUT2D eigenvalue weighted by Crippen LogP contribution is 2.43. The van der Waals surface area contributed by atoms with E-state index in [1.165, 1.54) is 47.5 Å². The van der Waals surface area contributed by atoms with Gasteiger partial charge >= 0.3 is 0 Å². The van der Waals surface area contributed by atoms with E-state index in [1.807, 2.05) is 11.3 Å². The molecular weight excluding hydrogens is 310 g/mol. The third-order valence-corrected chi connectivity index (χ3v) is 6.38. The molecule has 0 atom stereocenters. The molecule has 0 N–H and O–H groups in total. The van der Waals surface area contributed by atoms with Crippen molar-refractivity contribution in [3.8, 4) is 0 Å². The highest BCUT2D eigenvalue weighted by atomic mass is 32.1. The van der Waals surface area contributed by atoms with Crippen LogP contribution < -0.4 is 0 Å². The topological polar surface area (TPSA) is 4.93 Å². The molecule has 2 aromatic heterocycles. The summed E-state index contributed by atoms with van der Waals surface area (Å²) in [7, 11) is 2.20. The van der Waals surface area contributed by atoms with Crippen LogP contribution in [-0.4, -0.2) is 4.57 Å². The molecule has 0 radical (unpaired) electrons. The molecule has 0 aliphatic heterocycles. The summed E-state index contributed by atoms with van der Waals surface area (Å²) in [6.45, 7) is 4.56. The number of hydrogen-bond donors (Lipinski definition) is 0. The van der Waals surface area contributed by atoms with Crippen molar-refractivity contribution in [3.63, 3.8) is 0 Å². The van der Waals surface area contributed by atoms with Crippen LogP contribution in [0.15, 0.2) is 54.6 Å². The Balaban J connectivity index is 2.08. The number of aromatic nitrogens is 1. The highest BCUT2D eigenvalue weighted by Gasteiger charge is 2.17. The number of nitrogens with zero attached hydrogens (tertiary/aromatic N) is 1. The van der Waals surface area contributed by atoms with Crippen molar-refractivity contribution in [1.82, 2.24) is 4.57 Å². The van der Waals surface area contributed by atoms with Crippen molar-refractivity contribution < 1.29 is 0 Å². The Morgan fingerprint density at radius 3 is 2.46 bits per heavy atom. The number of aryl methyl sites for hydroxylation is 1. The summed E-state index contributed by atoms with van der Waals surface area (Å²) in [5.41, 5.74) is 4.14. The molecule has 0 saturated heterocycles. The molecule has 0 unspecified atom stereocenters. The molecule has 0 aliphatic rings. The van der Waals surface area contributed by atoms with Gasteiger partial charge in [-0.2, -0.15) is 0 Å². The Kier molecular flexibility index (Phi) is 2.84. The van der Waals surface area contributed by atoms with Gasteiger partial charge < -0.3 is 4.57 Å². The maximum atomic E-state index is 2.38. The molecule has 3 aromatic carbocycles. The van der Waals surface area contributed by atoms with Gasteiger partial charge in [-0.1, -0.05) is 56.3 Å². The van der Waals surface area contributed by atoms with Crippen molar-refractivity contribution in [2.45, 2.75) is 19.8 Å². The molecule has 5 rings (SSSR count). The summed E-state index contributed by atoms with van der Waals surface area (Å²) in [5, 5.41) is 5.55. The van der Waals surface area contributed by atoms with Gasteiger partial charge in [0.05, 0.1) is 11.0 Å². The molecule has 118 valence electrons. The zero-order chi connectivity index (χ0) is 16.4. The summed E-state index contributed by atoms with van der Waals surface area (Å²) in [6, 6.07) is 20.1. The second-order valence-electron chi connectivity index (χ2n) is 6.89. The molecule has 0 amide bonds. The van der Waals surface area contributed by atoms with Crippen LogP contribution in [0.5, 0.6) is 0 Å². The van der Waals surface area contributed by atoms with E-state index < -0.39 is 0 Å².